The van der Waals surface area contributed by atoms with Crippen LogP contribution in [0.3, 0.4) is 0 Å². The molecule has 0 aromatic heterocycles. The summed E-state index contributed by atoms with van der Waals surface area (Å²) in [5, 5.41) is 11.9. The van der Waals surface area contributed by atoms with Crippen molar-refractivity contribution in [2.75, 3.05) is 12.4 Å². The number of ether oxygens (including phenoxy) is 1. The smallest absolute Gasteiger partial charge is 0.304 e. The topological polar surface area (TPSA) is 75.6 Å². The highest BCUT2D eigenvalue weighted by molar-refractivity contribution is 5.94. The van der Waals surface area contributed by atoms with Crippen molar-refractivity contribution in [2.24, 2.45) is 5.92 Å². The number of anilines is 1. The van der Waals surface area contributed by atoms with Gasteiger partial charge in [-0.2, -0.15) is 0 Å². The van der Waals surface area contributed by atoms with Gasteiger partial charge in [-0.05, 0) is 43.2 Å². The van der Waals surface area contributed by atoms with E-state index < -0.39 is 11.9 Å². The first-order valence-corrected chi connectivity index (χ1v) is 7.70. The van der Waals surface area contributed by atoms with Crippen LogP contribution < -0.4 is 10.1 Å². The molecule has 0 bridgehead atoms. The van der Waals surface area contributed by atoms with Crippen LogP contribution in [0.1, 0.15) is 17.5 Å². The highest BCUT2D eigenvalue weighted by Gasteiger charge is 2.22. The molecule has 1 amide bonds. The van der Waals surface area contributed by atoms with Gasteiger partial charge in [0.1, 0.15) is 5.75 Å². The predicted octanol–water partition coefficient (Wildman–Crippen LogP) is 3.28. The third kappa shape index (κ3) is 5.12. The molecule has 0 aliphatic heterocycles. The fourth-order valence-corrected chi connectivity index (χ4v) is 2.40. The molecule has 2 rings (SSSR count). The van der Waals surface area contributed by atoms with Crippen LogP contribution in [0.4, 0.5) is 5.69 Å². The lowest BCUT2D eigenvalue weighted by atomic mass is 9.94. The van der Waals surface area contributed by atoms with E-state index >= 15 is 0 Å². The Kier molecular flexibility index (Phi) is 5.95. The Morgan fingerprint density at radius 3 is 2.25 bits per heavy atom. The molecule has 0 aliphatic carbocycles. The summed E-state index contributed by atoms with van der Waals surface area (Å²) >= 11 is 0. The van der Waals surface area contributed by atoms with Gasteiger partial charge in [-0.1, -0.05) is 29.8 Å². The van der Waals surface area contributed by atoms with Crippen molar-refractivity contribution in [2.45, 2.75) is 19.8 Å². The predicted molar refractivity (Wildman–Crippen MR) is 92.2 cm³/mol. The molecule has 5 nitrogen and oxygen atoms in total. The summed E-state index contributed by atoms with van der Waals surface area (Å²) in [6.45, 7) is 1.98. The first-order valence-electron chi connectivity index (χ1n) is 7.70. The number of amides is 1. The van der Waals surface area contributed by atoms with Gasteiger partial charge in [0.2, 0.25) is 5.91 Å². The Hall–Kier alpha value is -2.82. The highest BCUT2D eigenvalue weighted by atomic mass is 16.5. The molecule has 0 radical (unpaired) electrons. The van der Waals surface area contributed by atoms with Gasteiger partial charge in [0.05, 0.1) is 19.4 Å². The Morgan fingerprint density at radius 1 is 1.08 bits per heavy atom. The number of benzene rings is 2. The van der Waals surface area contributed by atoms with Gasteiger partial charge >= 0.3 is 5.97 Å². The molecular formula is C19H21NO4. The number of aliphatic carboxylic acids is 1. The van der Waals surface area contributed by atoms with Crippen LogP contribution in [-0.2, 0) is 16.0 Å². The number of hydrogen-bond donors (Lipinski definition) is 2. The van der Waals surface area contributed by atoms with E-state index in [9.17, 15) is 9.59 Å². The van der Waals surface area contributed by atoms with Crippen molar-refractivity contribution in [1.82, 2.24) is 0 Å². The van der Waals surface area contributed by atoms with Gasteiger partial charge < -0.3 is 15.2 Å². The van der Waals surface area contributed by atoms with E-state index in [2.05, 4.69) is 5.32 Å². The number of carbonyl (C=O) groups is 2. The summed E-state index contributed by atoms with van der Waals surface area (Å²) in [4.78, 5) is 23.6. The Bertz CT molecular complexity index is 692. The largest absolute Gasteiger partial charge is 0.497 e. The number of methoxy groups -OCH3 is 1. The van der Waals surface area contributed by atoms with Crippen LogP contribution in [0.2, 0.25) is 0 Å². The van der Waals surface area contributed by atoms with Crippen LogP contribution >= 0.6 is 0 Å². The normalized spacial score (nSPS) is 11.6. The average Bonchev–Trinajstić information content (AvgIpc) is 2.56. The second kappa shape index (κ2) is 8.15. The lowest BCUT2D eigenvalue weighted by Gasteiger charge is -2.15. The minimum Gasteiger partial charge on any atom is -0.497 e. The molecule has 5 heteroatoms. The van der Waals surface area contributed by atoms with Gasteiger partial charge in [-0.3, -0.25) is 9.59 Å². The van der Waals surface area contributed by atoms with E-state index in [0.717, 1.165) is 11.1 Å². The van der Waals surface area contributed by atoms with E-state index in [4.69, 9.17) is 9.84 Å². The zero-order valence-corrected chi connectivity index (χ0v) is 13.8. The SMILES string of the molecule is COc1ccc(NC(=O)[C@@H](CC(=O)O)Cc2ccc(C)cc2)cc1. The molecule has 0 aliphatic rings. The third-order valence-electron chi connectivity index (χ3n) is 3.75. The summed E-state index contributed by atoms with van der Waals surface area (Å²) < 4.78 is 5.07. The minimum absolute atomic E-state index is 0.212. The second-order valence-corrected chi connectivity index (χ2v) is 5.70. The number of rotatable bonds is 7. The molecule has 0 saturated heterocycles. The van der Waals surface area contributed by atoms with E-state index in [1.165, 1.54) is 0 Å². The minimum atomic E-state index is -0.989. The second-order valence-electron chi connectivity index (χ2n) is 5.70. The van der Waals surface area contributed by atoms with E-state index in [1.807, 2.05) is 31.2 Å². The molecule has 0 unspecified atom stereocenters. The molecule has 2 N–H and O–H groups in total. The van der Waals surface area contributed by atoms with Gasteiger partial charge in [0.15, 0.2) is 0 Å². The summed E-state index contributed by atoms with van der Waals surface area (Å²) in [6, 6.07) is 14.7. The third-order valence-corrected chi connectivity index (χ3v) is 3.75. The van der Waals surface area contributed by atoms with Crippen molar-refractivity contribution in [3.63, 3.8) is 0 Å². The summed E-state index contributed by atoms with van der Waals surface area (Å²) in [6.07, 6.45) is 0.171. The van der Waals surface area contributed by atoms with Crippen molar-refractivity contribution in [3.8, 4) is 5.75 Å². The number of aryl methyl sites for hydroxylation is 1. The maximum atomic E-state index is 12.5. The Labute approximate surface area is 141 Å². The Balaban J connectivity index is 2.08. The maximum absolute atomic E-state index is 12.5. The molecule has 0 spiro atoms. The van der Waals surface area contributed by atoms with Crippen molar-refractivity contribution >= 4 is 17.6 Å². The summed E-state index contributed by atoms with van der Waals surface area (Å²) in [5.41, 5.74) is 2.67. The molecule has 1 atom stereocenters. The highest BCUT2D eigenvalue weighted by Crippen LogP contribution is 2.19. The fourth-order valence-electron chi connectivity index (χ4n) is 2.40. The Morgan fingerprint density at radius 2 is 1.71 bits per heavy atom. The van der Waals surface area contributed by atoms with Crippen molar-refractivity contribution < 1.29 is 19.4 Å². The van der Waals surface area contributed by atoms with E-state index in [-0.39, 0.29) is 12.3 Å². The quantitative estimate of drug-likeness (QED) is 0.818. The first kappa shape index (κ1) is 17.5. The monoisotopic (exact) mass is 327 g/mol. The van der Waals surface area contributed by atoms with Gasteiger partial charge in [0, 0.05) is 5.69 Å². The first-order chi connectivity index (χ1) is 11.5. The van der Waals surface area contributed by atoms with Crippen molar-refractivity contribution in [3.05, 3.63) is 59.7 Å². The average molecular weight is 327 g/mol. The van der Waals surface area contributed by atoms with Crippen LogP contribution in [0.25, 0.3) is 0 Å². The number of carboxylic acid groups (broad SMARTS) is 1. The van der Waals surface area contributed by atoms with Crippen LogP contribution in [0, 0.1) is 12.8 Å². The molecule has 0 heterocycles. The maximum Gasteiger partial charge on any atom is 0.304 e. The zero-order valence-electron chi connectivity index (χ0n) is 13.8. The van der Waals surface area contributed by atoms with E-state index in [1.54, 1.807) is 31.4 Å². The van der Waals surface area contributed by atoms with E-state index in [0.29, 0.717) is 17.9 Å². The lowest BCUT2D eigenvalue weighted by molar-refractivity contribution is -0.140. The zero-order chi connectivity index (χ0) is 17.5. The van der Waals surface area contributed by atoms with Gasteiger partial charge in [0.25, 0.3) is 0 Å². The number of hydrogen-bond acceptors (Lipinski definition) is 3. The number of nitrogens with one attached hydrogen (secondary N) is 1. The molecule has 126 valence electrons. The summed E-state index contributed by atoms with van der Waals surface area (Å²) in [7, 11) is 1.57. The number of carbonyl (C=O) groups excluding carboxylic acids is 1. The molecular weight excluding hydrogens is 306 g/mol. The molecule has 2 aromatic rings. The molecule has 24 heavy (non-hydrogen) atoms. The van der Waals surface area contributed by atoms with Gasteiger partial charge in [-0.15, -0.1) is 0 Å². The molecule has 0 fully saturated rings. The van der Waals surface area contributed by atoms with Crippen molar-refractivity contribution in [1.29, 1.82) is 0 Å². The number of carboxylic acids is 1. The van der Waals surface area contributed by atoms with Crippen LogP contribution in [-0.4, -0.2) is 24.1 Å². The van der Waals surface area contributed by atoms with Gasteiger partial charge in [-0.25, -0.2) is 0 Å². The molecule has 0 saturated carbocycles. The lowest BCUT2D eigenvalue weighted by Crippen LogP contribution is -2.27. The fraction of sp³-hybridized carbons (Fsp3) is 0.263. The summed E-state index contributed by atoms with van der Waals surface area (Å²) in [5.74, 6) is -1.23. The molecule has 2 aromatic carbocycles. The van der Waals surface area contributed by atoms with Crippen LogP contribution in [0.15, 0.2) is 48.5 Å². The standard InChI is InChI=1S/C19H21NO4/c1-13-3-5-14(6-4-13)11-15(12-18(21)22)19(23)20-16-7-9-17(24-2)10-8-16/h3-10,15H,11-12H2,1-2H3,(H,20,23)(H,21,22)/t15-/m1/s1. The van der Waals surface area contributed by atoms with Crippen LogP contribution in [0.5, 0.6) is 5.75 Å².